The highest BCUT2D eigenvalue weighted by atomic mass is 35.5. The summed E-state index contributed by atoms with van der Waals surface area (Å²) in [6.45, 7) is 5.74. The van der Waals surface area contributed by atoms with Gasteiger partial charge < -0.3 is 8.83 Å². The minimum Gasteiger partial charge on any atom is -0.443 e. The molecule has 26 heavy (non-hydrogen) atoms. The molecule has 0 fully saturated rings. The lowest BCUT2D eigenvalue weighted by atomic mass is 10.2. The molecule has 0 unspecified atom stereocenters. The highest BCUT2D eigenvalue weighted by Gasteiger charge is 2.17. The Morgan fingerprint density at radius 2 is 1.88 bits per heavy atom. The standard InChI is InChI=1S/C19H16ClN3O3/c1-10-11(2)25-18-16(10)19(24)23(9-21-18)8-15-12(3)26-17(22-15)13-6-4-5-7-14(13)20/h4-7,9H,8H2,1-3H3. The zero-order valence-electron chi connectivity index (χ0n) is 14.5. The topological polar surface area (TPSA) is 74.1 Å². The number of aryl methyl sites for hydroxylation is 3. The highest BCUT2D eigenvalue weighted by Crippen LogP contribution is 2.28. The van der Waals surface area contributed by atoms with Crippen molar-refractivity contribution < 1.29 is 8.83 Å². The van der Waals surface area contributed by atoms with Gasteiger partial charge in [-0.25, -0.2) is 9.97 Å². The van der Waals surface area contributed by atoms with Gasteiger partial charge in [0.2, 0.25) is 11.6 Å². The Morgan fingerprint density at radius 1 is 1.12 bits per heavy atom. The third-order valence-electron chi connectivity index (χ3n) is 4.47. The van der Waals surface area contributed by atoms with E-state index >= 15 is 0 Å². The largest absolute Gasteiger partial charge is 0.443 e. The molecule has 3 aromatic heterocycles. The summed E-state index contributed by atoms with van der Waals surface area (Å²) in [7, 11) is 0. The fraction of sp³-hybridized carbons (Fsp3) is 0.211. The van der Waals surface area contributed by atoms with E-state index in [0.29, 0.717) is 44.8 Å². The summed E-state index contributed by atoms with van der Waals surface area (Å²) < 4.78 is 12.8. The number of fused-ring (bicyclic) bond motifs is 1. The van der Waals surface area contributed by atoms with Crippen LogP contribution in [0.25, 0.3) is 22.6 Å². The van der Waals surface area contributed by atoms with Crippen molar-refractivity contribution in [1.29, 1.82) is 0 Å². The molecule has 0 spiro atoms. The first-order valence-electron chi connectivity index (χ1n) is 8.12. The Balaban J connectivity index is 1.76. The van der Waals surface area contributed by atoms with E-state index in [4.69, 9.17) is 20.4 Å². The fourth-order valence-electron chi connectivity index (χ4n) is 2.87. The minimum absolute atomic E-state index is 0.161. The van der Waals surface area contributed by atoms with Gasteiger partial charge in [-0.05, 0) is 32.9 Å². The summed E-state index contributed by atoms with van der Waals surface area (Å²) in [6.07, 6.45) is 1.47. The van der Waals surface area contributed by atoms with Crippen LogP contribution in [-0.4, -0.2) is 14.5 Å². The number of halogens is 1. The Labute approximate surface area is 154 Å². The average molecular weight is 370 g/mol. The SMILES string of the molecule is Cc1oc(-c2ccccc2Cl)nc1Cn1cnc2oc(C)c(C)c2c1=O. The molecular formula is C19H16ClN3O3. The lowest BCUT2D eigenvalue weighted by molar-refractivity contribution is 0.537. The van der Waals surface area contributed by atoms with Gasteiger partial charge in [0.1, 0.15) is 28.9 Å². The van der Waals surface area contributed by atoms with Crippen LogP contribution in [0.4, 0.5) is 0 Å². The molecule has 4 aromatic rings. The number of hydrogen-bond donors (Lipinski definition) is 0. The van der Waals surface area contributed by atoms with E-state index in [1.807, 2.05) is 39.0 Å². The third-order valence-corrected chi connectivity index (χ3v) is 4.80. The van der Waals surface area contributed by atoms with Crippen LogP contribution in [0.5, 0.6) is 0 Å². The molecule has 0 aliphatic rings. The maximum atomic E-state index is 12.8. The van der Waals surface area contributed by atoms with Crippen LogP contribution in [-0.2, 0) is 6.54 Å². The molecule has 0 aliphatic carbocycles. The maximum Gasteiger partial charge on any atom is 0.265 e. The Hall–Kier alpha value is -2.86. The van der Waals surface area contributed by atoms with E-state index in [1.54, 1.807) is 6.07 Å². The lowest BCUT2D eigenvalue weighted by Crippen LogP contribution is -2.21. The predicted octanol–water partition coefficient (Wildman–Crippen LogP) is 4.27. The number of rotatable bonds is 3. The quantitative estimate of drug-likeness (QED) is 0.539. The zero-order valence-corrected chi connectivity index (χ0v) is 15.3. The van der Waals surface area contributed by atoms with E-state index in [1.165, 1.54) is 10.9 Å². The maximum absolute atomic E-state index is 12.8. The van der Waals surface area contributed by atoms with Gasteiger partial charge in [-0.1, -0.05) is 23.7 Å². The van der Waals surface area contributed by atoms with Gasteiger partial charge in [0.25, 0.3) is 5.56 Å². The Morgan fingerprint density at radius 3 is 2.65 bits per heavy atom. The van der Waals surface area contributed by atoms with Crippen molar-refractivity contribution in [2.75, 3.05) is 0 Å². The molecule has 0 aliphatic heterocycles. The van der Waals surface area contributed by atoms with E-state index < -0.39 is 0 Å². The molecule has 0 N–H and O–H groups in total. The van der Waals surface area contributed by atoms with Crippen LogP contribution < -0.4 is 5.56 Å². The van der Waals surface area contributed by atoms with Crippen LogP contribution in [0.1, 0.15) is 22.8 Å². The van der Waals surface area contributed by atoms with E-state index in [2.05, 4.69) is 9.97 Å². The molecule has 1 aromatic carbocycles. The second kappa shape index (κ2) is 6.14. The molecule has 6 nitrogen and oxygen atoms in total. The van der Waals surface area contributed by atoms with Crippen molar-refractivity contribution in [1.82, 2.24) is 14.5 Å². The fourth-order valence-corrected chi connectivity index (χ4v) is 3.09. The first-order valence-corrected chi connectivity index (χ1v) is 8.50. The molecule has 4 rings (SSSR count). The number of hydrogen-bond acceptors (Lipinski definition) is 5. The predicted molar refractivity (Wildman–Crippen MR) is 98.5 cm³/mol. The lowest BCUT2D eigenvalue weighted by Gasteiger charge is -2.02. The van der Waals surface area contributed by atoms with Crippen LogP contribution >= 0.6 is 11.6 Å². The summed E-state index contributed by atoms with van der Waals surface area (Å²) in [6, 6.07) is 7.34. The van der Waals surface area contributed by atoms with Crippen molar-refractivity contribution >= 4 is 22.7 Å². The van der Waals surface area contributed by atoms with Gasteiger partial charge in [-0.3, -0.25) is 9.36 Å². The Bertz CT molecular complexity index is 1190. The molecule has 0 atom stereocenters. The molecule has 0 saturated carbocycles. The number of benzene rings is 1. The normalized spacial score (nSPS) is 11.4. The summed E-state index contributed by atoms with van der Waals surface area (Å²) in [5.41, 5.74) is 2.37. The summed E-state index contributed by atoms with van der Waals surface area (Å²) in [5.74, 6) is 1.76. The van der Waals surface area contributed by atoms with Crippen LogP contribution in [0.15, 0.2) is 44.2 Å². The number of oxazole rings is 1. The van der Waals surface area contributed by atoms with Crippen LogP contribution in [0.3, 0.4) is 0 Å². The van der Waals surface area contributed by atoms with Crippen molar-refractivity contribution in [3.63, 3.8) is 0 Å². The molecule has 3 heterocycles. The molecule has 0 bridgehead atoms. The van der Waals surface area contributed by atoms with Gasteiger partial charge >= 0.3 is 0 Å². The second-order valence-electron chi connectivity index (χ2n) is 6.14. The van der Waals surface area contributed by atoms with Gasteiger partial charge in [-0.15, -0.1) is 0 Å². The first-order chi connectivity index (χ1) is 12.5. The van der Waals surface area contributed by atoms with Crippen molar-refractivity contribution in [2.24, 2.45) is 0 Å². The molecule has 132 valence electrons. The first kappa shape index (κ1) is 16.6. The summed E-state index contributed by atoms with van der Waals surface area (Å²) in [5, 5.41) is 1.06. The van der Waals surface area contributed by atoms with E-state index in [0.717, 1.165) is 5.56 Å². The third kappa shape index (κ3) is 2.63. The Kier molecular flexibility index (Phi) is 3.92. The van der Waals surface area contributed by atoms with Crippen LogP contribution in [0, 0.1) is 20.8 Å². The van der Waals surface area contributed by atoms with E-state index in [9.17, 15) is 4.79 Å². The number of aromatic nitrogens is 3. The number of nitrogens with zero attached hydrogens (tertiary/aromatic N) is 3. The molecular weight excluding hydrogens is 354 g/mol. The molecule has 0 saturated heterocycles. The van der Waals surface area contributed by atoms with Gasteiger partial charge in [0, 0.05) is 5.56 Å². The summed E-state index contributed by atoms with van der Waals surface area (Å²) in [4.78, 5) is 21.6. The smallest absolute Gasteiger partial charge is 0.265 e. The van der Waals surface area contributed by atoms with Crippen molar-refractivity contribution in [2.45, 2.75) is 27.3 Å². The van der Waals surface area contributed by atoms with Crippen molar-refractivity contribution in [3.05, 3.63) is 68.7 Å². The zero-order chi connectivity index (χ0) is 18.4. The minimum atomic E-state index is -0.161. The molecule has 0 radical (unpaired) electrons. The molecule has 7 heteroatoms. The highest BCUT2D eigenvalue weighted by molar-refractivity contribution is 6.33. The van der Waals surface area contributed by atoms with Crippen molar-refractivity contribution in [3.8, 4) is 11.5 Å². The van der Waals surface area contributed by atoms with Gasteiger partial charge in [0.05, 0.1) is 17.1 Å². The average Bonchev–Trinajstić information content (AvgIpc) is 3.11. The number of furan rings is 1. The monoisotopic (exact) mass is 369 g/mol. The van der Waals surface area contributed by atoms with Gasteiger partial charge in [0.15, 0.2) is 0 Å². The summed E-state index contributed by atoms with van der Waals surface area (Å²) >= 11 is 6.22. The van der Waals surface area contributed by atoms with Gasteiger partial charge in [-0.2, -0.15) is 0 Å². The van der Waals surface area contributed by atoms with E-state index in [-0.39, 0.29) is 12.1 Å². The second-order valence-corrected chi connectivity index (χ2v) is 6.55. The molecule has 0 amide bonds. The van der Waals surface area contributed by atoms with Crippen LogP contribution in [0.2, 0.25) is 5.02 Å².